The fourth-order valence-electron chi connectivity index (χ4n) is 2.44. The molecule has 134 valence electrons. The number of carbonyl (C=O) groups is 1. The number of amides is 1. The summed E-state index contributed by atoms with van der Waals surface area (Å²) >= 11 is 3.37. The molecule has 0 saturated heterocycles. The van der Waals surface area contributed by atoms with E-state index in [2.05, 4.69) is 26.1 Å². The van der Waals surface area contributed by atoms with Gasteiger partial charge >= 0.3 is 0 Å². The molecule has 0 spiro atoms. The highest BCUT2D eigenvalue weighted by Crippen LogP contribution is 2.20. The first kappa shape index (κ1) is 18.1. The van der Waals surface area contributed by atoms with Crippen LogP contribution in [-0.2, 0) is 6.54 Å². The number of hydrogen-bond donors (Lipinski definition) is 0. The standard InChI is InChI=1S/C19H18BrN3O3/c1-3-23(19(24)14-4-8-15(20)9-5-14)12-17-21-18(22-26-17)13-6-10-16(25-2)11-7-13/h4-11H,3,12H2,1-2H3. The topological polar surface area (TPSA) is 68.5 Å². The second kappa shape index (κ2) is 8.14. The molecule has 0 fully saturated rings. The zero-order valence-electron chi connectivity index (χ0n) is 14.5. The van der Waals surface area contributed by atoms with Crippen LogP contribution >= 0.6 is 15.9 Å². The summed E-state index contributed by atoms with van der Waals surface area (Å²) in [4.78, 5) is 18.7. The van der Waals surface area contributed by atoms with Crippen LogP contribution < -0.4 is 4.74 Å². The molecular weight excluding hydrogens is 398 g/mol. The Morgan fingerprint density at radius 2 is 1.85 bits per heavy atom. The van der Waals surface area contributed by atoms with Crippen molar-refractivity contribution < 1.29 is 14.1 Å². The van der Waals surface area contributed by atoms with Crippen molar-refractivity contribution in [3.63, 3.8) is 0 Å². The van der Waals surface area contributed by atoms with E-state index in [1.54, 1.807) is 24.1 Å². The van der Waals surface area contributed by atoms with E-state index >= 15 is 0 Å². The average molecular weight is 416 g/mol. The summed E-state index contributed by atoms with van der Waals surface area (Å²) in [5.41, 5.74) is 1.44. The molecule has 7 heteroatoms. The zero-order chi connectivity index (χ0) is 18.5. The van der Waals surface area contributed by atoms with Gasteiger partial charge in [-0.2, -0.15) is 4.98 Å². The van der Waals surface area contributed by atoms with Gasteiger partial charge in [-0.3, -0.25) is 4.79 Å². The summed E-state index contributed by atoms with van der Waals surface area (Å²) in [5, 5.41) is 4.00. The van der Waals surface area contributed by atoms with E-state index in [0.29, 0.717) is 23.8 Å². The van der Waals surface area contributed by atoms with Crippen molar-refractivity contribution >= 4 is 21.8 Å². The third-order valence-electron chi connectivity index (χ3n) is 3.90. The maximum atomic E-state index is 12.6. The predicted molar refractivity (Wildman–Crippen MR) is 101 cm³/mol. The lowest BCUT2D eigenvalue weighted by Gasteiger charge is -2.18. The highest BCUT2D eigenvalue weighted by atomic mass is 79.9. The van der Waals surface area contributed by atoms with Crippen LogP contribution in [0.3, 0.4) is 0 Å². The van der Waals surface area contributed by atoms with Crippen molar-refractivity contribution in [2.45, 2.75) is 13.5 Å². The lowest BCUT2D eigenvalue weighted by Crippen LogP contribution is -2.30. The van der Waals surface area contributed by atoms with Gasteiger partial charge in [-0.15, -0.1) is 0 Å². The number of methoxy groups -OCH3 is 1. The van der Waals surface area contributed by atoms with Crippen LogP contribution in [0.15, 0.2) is 57.5 Å². The predicted octanol–water partition coefficient (Wildman–Crippen LogP) is 4.17. The van der Waals surface area contributed by atoms with Gasteiger partial charge < -0.3 is 14.2 Å². The van der Waals surface area contributed by atoms with Crippen LogP contribution in [0.2, 0.25) is 0 Å². The van der Waals surface area contributed by atoms with Crippen molar-refractivity contribution in [3.05, 3.63) is 64.5 Å². The van der Waals surface area contributed by atoms with E-state index in [1.165, 1.54) is 0 Å². The second-order valence-corrected chi connectivity index (χ2v) is 6.48. The molecule has 0 unspecified atom stereocenters. The summed E-state index contributed by atoms with van der Waals surface area (Å²) in [6, 6.07) is 14.6. The number of aromatic nitrogens is 2. The summed E-state index contributed by atoms with van der Waals surface area (Å²) in [6.45, 7) is 2.71. The van der Waals surface area contributed by atoms with Crippen molar-refractivity contribution in [2.75, 3.05) is 13.7 Å². The summed E-state index contributed by atoms with van der Waals surface area (Å²) in [6.07, 6.45) is 0. The third kappa shape index (κ3) is 4.11. The Bertz CT molecular complexity index is 876. The van der Waals surface area contributed by atoms with Gasteiger partial charge in [-0.25, -0.2) is 0 Å². The molecule has 3 rings (SSSR count). The van der Waals surface area contributed by atoms with Crippen LogP contribution in [0, 0.1) is 0 Å². The van der Waals surface area contributed by atoms with Gasteiger partial charge in [0.2, 0.25) is 11.7 Å². The number of carbonyl (C=O) groups excluding carboxylic acids is 1. The fraction of sp³-hybridized carbons (Fsp3) is 0.211. The number of nitrogens with zero attached hydrogens (tertiary/aromatic N) is 3. The first-order valence-electron chi connectivity index (χ1n) is 8.12. The van der Waals surface area contributed by atoms with Crippen LogP contribution in [0.25, 0.3) is 11.4 Å². The first-order valence-corrected chi connectivity index (χ1v) is 8.92. The van der Waals surface area contributed by atoms with Crippen molar-refractivity contribution in [3.8, 4) is 17.1 Å². The van der Waals surface area contributed by atoms with Crippen LogP contribution in [0.4, 0.5) is 0 Å². The molecule has 0 atom stereocenters. The molecule has 1 amide bonds. The van der Waals surface area contributed by atoms with E-state index in [4.69, 9.17) is 9.26 Å². The van der Waals surface area contributed by atoms with Crippen molar-refractivity contribution in [1.82, 2.24) is 15.0 Å². The Morgan fingerprint density at radius 3 is 2.46 bits per heavy atom. The van der Waals surface area contributed by atoms with Gasteiger partial charge in [0.1, 0.15) is 12.3 Å². The van der Waals surface area contributed by atoms with Gasteiger partial charge in [0.25, 0.3) is 5.91 Å². The Morgan fingerprint density at radius 1 is 1.15 bits per heavy atom. The lowest BCUT2D eigenvalue weighted by atomic mass is 10.2. The van der Waals surface area contributed by atoms with E-state index < -0.39 is 0 Å². The molecule has 0 aliphatic heterocycles. The molecule has 0 radical (unpaired) electrons. The van der Waals surface area contributed by atoms with Gasteiger partial charge in [0.15, 0.2) is 0 Å². The highest BCUT2D eigenvalue weighted by molar-refractivity contribution is 9.10. The lowest BCUT2D eigenvalue weighted by molar-refractivity contribution is 0.0734. The van der Waals surface area contributed by atoms with E-state index in [0.717, 1.165) is 15.8 Å². The molecule has 3 aromatic rings. The van der Waals surface area contributed by atoms with Crippen LogP contribution in [0.5, 0.6) is 5.75 Å². The normalized spacial score (nSPS) is 10.6. The molecule has 0 saturated carbocycles. The summed E-state index contributed by atoms with van der Waals surface area (Å²) in [7, 11) is 1.61. The largest absolute Gasteiger partial charge is 0.497 e. The van der Waals surface area contributed by atoms with Crippen molar-refractivity contribution in [1.29, 1.82) is 0 Å². The maximum absolute atomic E-state index is 12.6. The Balaban J connectivity index is 1.73. The molecular formula is C19H18BrN3O3. The second-order valence-electron chi connectivity index (χ2n) is 5.57. The van der Waals surface area contributed by atoms with Gasteiger partial charge in [0, 0.05) is 22.1 Å². The minimum atomic E-state index is -0.0794. The number of halogens is 1. The van der Waals surface area contributed by atoms with Crippen LogP contribution in [0.1, 0.15) is 23.2 Å². The zero-order valence-corrected chi connectivity index (χ0v) is 16.1. The van der Waals surface area contributed by atoms with Gasteiger partial charge in [-0.1, -0.05) is 21.1 Å². The molecule has 6 nitrogen and oxygen atoms in total. The highest BCUT2D eigenvalue weighted by Gasteiger charge is 2.18. The molecule has 1 aromatic heterocycles. The van der Waals surface area contributed by atoms with Crippen molar-refractivity contribution in [2.24, 2.45) is 0 Å². The molecule has 2 aromatic carbocycles. The first-order chi connectivity index (χ1) is 12.6. The Labute approximate surface area is 159 Å². The maximum Gasteiger partial charge on any atom is 0.254 e. The molecule has 26 heavy (non-hydrogen) atoms. The Hall–Kier alpha value is -2.67. The fourth-order valence-corrected chi connectivity index (χ4v) is 2.71. The third-order valence-corrected chi connectivity index (χ3v) is 4.43. The number of hydrogen-bond acceptors (Lipinski definition) is 5. The van der Waals surface area contributed by atoms with Gasteiger partial charge in [-0.05, 0) is 55.5 Å². The van der Waals surface area contributed by atoms with E-state index in [-0.39, 0.29) is 12.5 Å². The molecule has 0 bridgehead atoms. The number of ether oxygens (including phenoxy) is 1. The smallest absolute Gasteiger partial charge is 0.254 e. The molecule has 0 N–H and O–H groups in total. The quantitative estimate of drug-likeness (QED) is 0.604. The monoisotopic (exact) mass is 415 g/mol. The minimum Gasteiger partial charge on any atom is -0.497 e. The van der Waals surface area contributed by atoms with E-state index in [1.807, 2.05) is 43.3 Å². The number of benzene rings is 2. The molecule has 1 heterocycles. The minimum absolute atomic E-state index is 0.0794. The summed E-state index contributed by atoms with van der Waals surface area (Å²) < 4.78 is 11.4. The van der Waals surface area contributed by atoms with Gasteiger partial charge in [0.05, 0.1) is 7.11 Å². The number of rotatable bonds is 6. The SMILES string of the molecule is CCN(Cc1nc(-c2ccc(OC)cc2)no1)C(=O)c1ccc(Br)cc1. The molecule has 0 aliphatic carbocycles. The average Bonchev–Trinajstić information content (AvgIpc) is 3.15. The Kier molecular flexibility index (Phi) is 5.68. The summed E-state index contributed by atoms with van der Waals surface area (Å²) in [5.74, 6) is 1.55. The van der Waals surface area contributed by atoms with Crippen LogP contribution in [-0.4, -0.2) is 34.6 Å². The van der Waals surface area contributed by atoms with E-state index in [9.17, 15) is 4.79 Å². The molecule has 0 aliphatic rings.